The minimum atomic E-state index is -4.56. The van der Waals surface area contributed by atoms with Gasteiger partial charge in [-0.25, -0.2) is 4.98 Å². The summed E-state index contributed by atoms with van der Waals surface area (Å²) in [6, 6.07) is 0. The Balaban J connectivity index is 0. The van der Waals surface area contributed by atoms with E-state index in [9.17, 15) is 23.1 Å². The normalized spacial score (nSPS) is 10.1. The largest absolute Gasteiger partial charge is 1.00 e. The molecular weight excluding hydrogens is 333 g/mol. The number of carbonyl (C=O) groups is 1. The van der Waals surface area contributed by atoms with Crippen LogP contribution in [0.25, 0.3) is 10.6 Å². The molecular formula is C9H6F3N3Na2O3S. The molecule has 0 saturated carbocycles. The third-order valence-corrected chi connectivity index (χ3v) is 3.03. The van der Waals surface area contributed by atoms with Crippen molar-refractivity contribution < 1.29 is 87.7 Å². The molecule has 0 aliphatic rings. The van der Waals surface area contributed by atoms with E-state index < -0.39 is 17.8 Å². The summed E-state index contributed by atoms with van der Waals surface area (Å²) in [7, 11) is 1.35. The van der Waals surface area contributed by atoms with E-state index in [2.05, 4.69) is 10.1 Å². The molecule has 21 heavy (non-hydrogen) atoms. The Bertz CT molecular complexity index is 615. The molecule has 2 heterocycles. The van der Waals surface area contributed by atoms with Crippen LogP contribution in [-0.4, -0.2) is 26.2 Å². The van der Waals surface area contributed by atoms with Gasteiger partial charge in [-0.3, -0.25) is 4.68 Å². The topological polar surface area (TPSA) is 101 Å². The second-order valence-corrected chi connectivity index (χ2v) is 4.21. The molecule has 0 aliphatic carbocycles. The number of nitrogens with zero attached hydrogens (tertiary/aromatic N) is 3. The molecule has 1 N–H and O–H groups in total. The Morgan fingerprint density at radius 3 is 2.38 bits per heavy atom. The van der Waals surface area contributed by atoms with Gasteiger partial charge >= 0.3 is 65.3 Å². The van der Waals surface area contributed by atoms with Crippen LogP contribution in [0.3, 0.4) is 0 Å². The zero-order valence-electron chi connectivity index (χ0n) is 11.3. The number of hydrogen-bond donors (Lipinski definition) is 0. The summed E-state index contributed by atoms with van der Waals surface area (Å²) >= 11 is 0.699. The smallest absolute Gasteiger partial charge is 0.870 e. The van der Waals surface area contributed by atoms with E-state index >= 15 is 0 Å². The van der Waals surface area contributed by atoms with Crippen molar-refractivity contribution in [1.82, 2.24) is 14.8 Å². The first kappa shape index (κ1) is 23.3. The molecule has 0 aliphatic heterocycles. The summed E-state index contributed by atoms with van der Waals surface area (Å²) < 4.78 is 38.1. The van der Waals surface area contributed by atoms with Crippen LogP contribution >= 0.6 is 11.3 Å². The van der Waals surface area contributed by atoms with Crippen LogP contribution in [0.5, 0.6) is 0 Å². The number of aryl methyl sites for hydroxylation is 1. The second-order valence-electron chi connectivity index (χ2n) is 3.35. The summed E-state index contributed by atoms with van der Waals surface area (Å²) in [4.78, 5) is 14.2. The van der Waals surface area contributed by atoms with Crippen molar-refractivity contribution in [1.29, 1.82) is 0 Å². The average molecular weight is 339 g/mol. The van der Waals surface area contributed by atoms with Crippen molar-refractivity contribution in [2.45, 2.75) is 6.18 Å². The van der Waals surface area contributed by atoms with Crippen LogP contribution < -0.4 is 64.2 Å². The van der Waals surface area contributed by atoms with Gasteiger partial charge in [0, 0.05) is 12.4 Å². The molecule has 0 radical (unpaired) electrons. The molecule has 12 heteroatoms. The summed E-state index contributed by atoms with van der Waals surface area (Å²) in [5.74, 6) is -1.52. The number of carboxylic acid groups (broad SMARTS) is 1. The van der Waals surface area contributed by atoms with Crippen LogP contribution in [0.2, 0.25) is 0 Å². The monoisotopic (exact) mass is 339 g/mol. The molecule has 0 unspecified atom stereocenters. The maximum Gasteiger partial charge on any atom is 1.00 e. The van der Waals surface area contributed by atoms with Gasteiger partial charge < -0.3 is 15.4 Å². The summed E-state index contributed by atoms with van der Waals surface area (Å²) in [6.45, 7) is 0. The number of rotatable bonds is 2. The minimum Gasteiger partial charge on any atom is -0.870 e. The van der Waals surface area contributed by atoms with Gasteiger partial charge in [0.05, 0.1) is 23.4 Å². The molecule has 0 saturated heterocycles. The Kier molecular flexibility index (Phi) is 9.59. The van der Waals surface area contributed by atoms with Gasteiger partial charge in [-0.2, -0.15) is 18.3 Å². The van der Waals surface area contributed by atoms with Crippen molar-refractivity contribution in [3.8, 4) is 10.6 Å². The van der Waals surface area contributed by atoms with Crippen LogP contribution in [0.1, 0.15) is 16.2 Å². The molecule has 6 nitrogen and oxygen atoms in total. The minimum absolute atomic E-state index is 0. The van der Waals surface area contributed by atoms with E-state index in [1.807, 2.05) is 0 Å². The van der Waals surface area contributed by atoms with Crippen molar-refractivity contribution in [3.05, 3.63) is 23.0 Å². The summed E-state index contributed by atoms with van der Waals surface area (Å²) in [5.41, 5.74) is -1.35. The van der Waals surface area contributed by atoms with Crippen LogP contribution in [-0.2, 0) is 13.2 Å². The zero-order chi connectivity index (χ0) is 13.5. The molecule has 104 valence electrons. The van der Waals surface area contributed by atoms with E-state index in [1.54, 1.807) is 0 Å². The van der Waals surface area contributed by atoms with Gasteiger partial charge in [-0.1, -0.05) is 0 Å². The molecule has 2 aromatic heterocycles. The zero-order valence-corrected chi connectivity index (χ0v) is 16.1. The number of carboxylic acids is 1. The van der Waals surface area contributed by atoms with Gasteiger partial charge in [0.15, 0.2) is 5.69 Å². The van der Waals surface area contributed by atoms with Gasteiger partial charge in [-0.05, 0) is 0 Å². The Morgan fingerprint density at radius 2 is 1.95 bits per heavy atom. The van der Waals surface area contributed by atoms with Crippen LogP contribution in [0, 0.1) is 0 Å². The molecule has 0 spiro atoms. The molecule has 2 rings (SSSR count). The predicted octanol–water partition coefficient (Wildman–Crippen LogP) is -5.24. The summed E-state index contributed by atoms with van der Waals surface area (Å²) in [6.07, 6.45) is -3.41. The quantitative estimate of drug-likeness (QED) is 0.509. The average Bonchev–Trinajstić information content (AvgIpc) is 2.81. The van der Waals surface area contributed by atoms with Crippen molar-refractivity contribution in [2.75, 3.05) is 0 Å². The molecule has 0 fully saturated rings. The van der Waals surface area contributed by atoms with E-state index in [0.29, 0.717) is 11.3 Å². The number of aromatic carboxylic acids is 1. The van der Waals surface area contributed by atoms with Crippen molar-refractivity contribution >= 4 is 17.3 Å². The Labute approximate surface area is 165 Å². The number of thiazole rings is 1. The molecule has 0 bridgehead atoms. The maximum atomic E-state index is 12.4. The fourth-order valence-corrected chi connectivity index (χ4v) is 2.20. The maximum absolute atomic E-state index is 12.4. The summed E-state index contributed by atoms with van der Waals surface area (Å²) in [5, 5.41) is 15.3. The van der Waals surface area contributed by atoms with Crippen LogP contribution in [0.4, 0.5) is 13.2 Å². The predicted molar refractivity (Wildman–Crippen MR) is 55.6 cm³/mol. The van der Waals surface area contributed by atoms with Gasteiger partial charge in [-0.15, -0.1) is 11.3 Å². The molecule has 0 atom stereocenters. The number of alkyl halides is 3. The fourth-order valence-electron chi connectivity index (χ4n) is 1.36. The number of halogens is 3. The van der Waals surface area contributed by atoms with E-state index in [0.717, 1.165) is 16.3 Å². The number of hydrogen-bond acceptors (Lipinski definition) is 6. The number of aromatic nitrogens is 3. The molecule has 0 aromatic carbocycles. The second kappa shape index (κ2) is 8.63. The van der Waals surface area contributed by atoms with Crippen molar-refractivity contribution in [3.63, 3.8) is 0 Å². The first-order chi connectivity index (χ1) is 8.30. The van der Waals surface area contributed by atoms with Gasteiger partial charge in [0.1, 0.15) is 5.01 Å². The first-order valence-corrected chi connectivity index (χ1v) is 5.45. The Morgan fingerprint density at radius 1 is 1.38 bits per heavy atom. The SMILES string of the molecule is Cn1ncc(-c2nc(C(F)(F)F)cs2)c1C(=O)[O-].[Na+].[Na+].[OH-]. The third kappa shape index (κ3) is 5.03. The van der Waals surface area contributed by atoms with Gasteiger partial charge in [0.25, 0.3) is 0 Å². The standard InChI is InChI=1S/C9H6F3N3O2S.2Na.H2O/c1-15-6(8(16)17)4(2-13-15)7-14-5(3-18-7)9(10,11)12;;;/h2-3H,1H3,(H,16,17);;;1H2/q;2*+1;/p-2. The Hall–Kier alpha value is 0.0600. The van der Waals surface area contributed by atoms with Crippen molar-refractivity contribution in [2.24, 2.45) is 7.05 Å². The van der Waals surface area contributed by atoms with E-state index in [1.165, 1.54) is 7.05 Å². The van der Waals surface area contributed by atoms with E-state index in [4.69, 9.17) is 0 Å². The van der Waals surface area contributed by atoms with E-state index in [-0.39, 0.29) is 80.9 Å². The molecule has 0 amide bonds. The number of carbonyl (C=O) groups excluding carboxylic acids is 1. The van der Waals surface area contributed by atoms with Crippen LogP contribution in [0.15, 0.2) is 11.6 Å². The first-order valence-electron chi connectivity index (χ1n) is 4.57. The molecule has 2 aromatic rings. The fraction of sp³-hybridized carbons (Fsp3) is 0.222. The van der Waals surface area contributed by atoms with Gasteiger partial charge in [0.2, 0.25) is 0 Å². The third-order valence-electron chi connectivity index (χ3n) is 2.16.